The van der Waals surface area contributed by atoms with Crippen LogP contribution in [0.4, 0.5) is 0 Å². The van der Waals surface area contributed by atoms with Gasteiger partial charge in [-0.05, 0) is 19.3 Å². The molecule has 3 rings (SSSR count). The number of piperidine rings is 1. The number of rotatable bonds is 3. The molecule has 1 aromatic heterocycles. The normalized spacial score (nSPS) is 26.8. The second kappa shape index (κ2) is 5.59. The van der Waals surface area contributed by atoms with Crippen LogP contribution in [0.3, 0.4) is 0 Å². The second-order valence-corrected chi connectivity index (χ2v) is 5.45. The molecule has 6 heteroatoms. The lowest BCUT2D eigenvalue weighted by atomic mass is 10.0. The predicted molar refractivity (Wildman–Crippen MR) is 71.8 cm³/mol. The fraction of sp³-hybridized carbons (Fsp3) is 0.833. The molecule has 0 saturated carbocycles. The molecule has 18 heavy (non-hydrogen) atoms. The lowest BCUT2D eigenvalue weighted by Crippen LogP contribution is -2.42. The Morgan fingerprint density at radius 1 is 1.28 bits per heavy atom. The van der Waals surface area contributed by atoms with Crippen molar-refractivity contribution in [3.63, 3.8) is 0 Å². The molecule has 0 aromatic carbocycles. The quantitative estimate of drug-likeness (QED) is 0.835. The van der Waals surface area contributed by atoms with Gasteiger partial charge in [0.25, 0.3) is 0 Å². The van der Waals surface area contributed by atoms with E-state index in [1.54, 1.807) is 0 Å². The average Bonchev–Trinajstić information content (AvgIpc) is 3.10. The van der Waals surface area contributed by atoms with Gasteiger partial charge in [-0.2, -0.15) is 12.6 Å². The zero-order valence-electron chi connectivity index (χ0n) is 10.5. The lowest BCUT2D eigenvalue weighted by molar-refractivity contribution is 0.109. The van der Waals surface area contributed by atoms with Crippen LogP contribution in [0, 0.1) is 0 Å². The van der Waals surface area contributed by atoms with Crippen molar-refractivity contribution < 1.29 is 4.74 Å². The Labute approximate surface area is 113 Å². The van der Waals surface area contributed by atoms with Gasteiger partial charge >= 0.3 is 0 Å². The fourth-order valence-electron chi connectivity index (χ4n) is 2.89. The Kier molecular flexibility index (Phi) is 3.86. The number of hydrogen-bond acceptors (Lipinski definition) is 5. The van der Waals surface area contributed by atoms with Gasteiger partial charge in [0.05, 0.1) is 18.3 Å². The van der Waals surface area contributed by atoms with Gasteiger partial charge in [0.15, 0.2) is 0 Å². The van der Waals surface area contributed by atoms with E-state index in [-0.39, 0.29) is 0 Å². The number of hydrogen-bond donors (Lipinski definition) is 1. The molecule has 2 saturated heterocycles. The fourth-order valence-corrected chi connectivity index (χ4v) is 3.03. The molecule has 0 N–H and O–H groups in total. The van der Waals surface area contributed by atoms with Crippen LogP contribution in [0.15, 0.2) is 6.20 Å². The highest BCUT2D eigenvalue weighted by atomic mass is 32.1. The van der Waals surface area contributed by atoms with Crippen molar-refractivity contribution in [2.45, 2.75) is 37.1 Å². The van der Waals surface area contributed by atoms with Crippen LogP contribution < -0.4 is 0 Å². The third-order valence-corrected chi connectivity index (χ3v) is 4.34. The van der Waals surface area contributed by atoms with Crippen molar-refractivity contribution >= 4 is 12.6 Å². The highest BCUT2D eigenvalue weighted by Gasteiger charge is 2.28. The first-order chi connectivity index (χ1) is 8.86. The molecule has 0 bridgehead atoms. The molecule has 100 valence electrons. The first-order valence-electron chi connectivity index (χ1n) is 6.70. The minimum Gasteiger partial charge on any atom is -0.380 e. The van der Waals surface area contributed by atoms with E-state index in [1.807, 2.05) is 10.9 Å². The third kappa shape index (κ3) is 2.55. The minimum absolute atomic E-state index is 0.504. The van der Waals surface area contributed by atoms with Crippen LogP contribution in [0.2, 0.25) is 0 Å². The average molecular weight is 268 g/mol. The van der Waals surface area contributed by atoms with Gasteiger partial charge in [0.2, 0.25) is 0 Å². The summed E-state index contributed by atoms with van der Waals surface area (Å²) in [6.45, 7) is 4.14. The van der Waals surface area contributed by atoms with E-state index in [9.17, 15) is 0 Å². The topological polar surface area (TPSA) is 43.2 Å². The molecular formula is C12H20N4OS. The summed E-state index contributed by atoms with van der Waals surface area (Å²) in [5, 5.41) is 8.32. The van der Waals surface area contributed by atoms with Gasteiger partial charge in [0.1, 0.15) is 0 Å². The number of ether oxygens (including phenoxy) is 1. The highest BCUT2D eigenvalue weighted by Crippen LogP contribution is 2.25. The zero-order valence-corrected chi connectivity index (χ0v) is 11.4. The molecule has 1 aromatic rings. The number of thiol groups is 1. The molecule has 5 nitrogen and oxygen atoms in total. The van der Waals surface area contributed by atoms with Crippen molar-refractivity contribution in [3.8, 4) is 0 Å². The smallest absolute Gasteiger partial charge is 0.0923 e. The standard InChI is InChI=1S/C12H20N4OS/c18-9-10-7-16(14-13-10)11-1-4-15(5-2-11)12-3-6-17-8-12/h7,11-12,18H,1-6,8-9H2. The molecule has 0 spiro atoms. The third-order valence-electron chi connectivity index (χ3n) is 4.01. The van der Waals surface area contributed by atoms with Gasteiger partial charge in [-0.25, -0.2) is 4.68 Å². The van der Waals surface area contributed by atoms with E-state index < -0.39 is 0 Å². The molecule has 2 aliphatic rings. The summed E-state index contributed by atoms with van der Waals surface area (Å²) in [4.78, 5) is 2.57. The Bertz CT molecular complexity index is 383. The monoisotopic (exact) mass is 268 g/mol. The largest absolute Gasteiger partial charge is 0.380 e. The van der Waals surface area contributed by atoms with Crippen LogP contribution >= 0.6 is 12.6 Å². The van der Waals surface area contributed by atoms with Gasteiger partial charge in [-0.3, -0.25) is 4.90 Å². The summed E-state index contributed by atoms with van der Waals surface area (Å²) in [7, 11) is 0. The Morgan fingerprint density at radius 3 is 2.72 bits per heavy atom. The summed E-state index contributed by atoms with van der Waals surface area (Å²) in [5.41, 5.74) is 0.963. The maximum atomic E-state index is 5.46. The SMILES string of the molecule is SCc1cn(C2CCN(C3CCOC3)CC2)nn1. The minimum atomic E-state index is 0.504. The molecule has 3 heterocycles. The molecule has 2 aliphatic heterocycles. The van der Waals surface area contributed by atoms with E-state index in [4.69, 9.17) is 4.74 Å². The van der Waals surface area contributed by atoms with Gasteiger partial charge in [0, 0.05) is 37.7 Å². The Morgan fingerprint density at radius 2 is 2.11 bits per heavy atom. The second-order valence-electron chi connectivity index (χ2n) is 5.13. The summed E-state index contributed by atoms with van der Waals surface area (Å²) in [6.07, 6.45) is 5.54. The zero-order chi connectivity index (χ0) is 12.4. The summed E-state index contributed by atoms with van der Waals surface area (Å²) in [6, 6.07) is 1.15. The lowest BCUT2D eigenvalue weighted by Gasteiger charge is -2.35. The van der Waals surface area contributed by atoms with Crippen molar-refractivity contribution in [1.82, 2.24) is 19.9 Å². The van der Waals surface area contributed by atoms with Crippen LogP contribution in [0.1, 0.15) is 31.0 Å². The summed E-state index contributed by atoms with van der Waals surface area (Å²) in [5.74, 6) is 0.665. The van der Waals surface area contributed by atoms with Gasteiger partial charge in [-0.1, -0.05) is 5.21 Å². The molecule has 0 radical (unpaired) electrons. The summed E-state index contributed by atoms with van der Waals surface area (Å²) >= 11 is 4.22. The van der Waals surface area contributed by atoms with Crippen molar-refractivity contribution in [3.05, 3.63) is 11.9 Å². The number of likely N-dealkylation sites (tertiary alicyclic amines) is 1. The summed E-state index contributed by atoms with van der Waals surface area (Å²) < 4.78 is 7.48. The van der Waals surface area contributed by atoms with E-state index in [2.05, 4.69) is 27.8 Å². The van der Waals surface area contributed by atoms with Gasteiger partial charge in [-0.15, -0.1) is 5.10 Å². The predicted octanol–water partition coefficient (Wildman–Crippen LogP) is 1.13. The van der Waals surface area contributed by atoms with Crippen LogP contribution in [0.5, 0.6) is 0 Å². The number of aromatic nitrogens is 3. The van der Waals surface area contributed by atoms with Crippen LogP contribution in [-0.2, 0) is 10.5 Å². The van der Waals surface area contributed by atoms with Gasteiger partial charge < -0.3 is 4.74 Å². The van der Waals surface area contributed by atoms with Crippen molar-refractivity contribution in [2.24, 2.45) is 0 Å². The molecule has 0 aliphatic carbocycles. The van der Waals surface area contributed by atoms with E-state index in [0.717, 1.165) is 44.8 Å². The molecular weight excluding hydrogens is 248 g/mol. The van der Waals surface area contributed by atoms with Crippen molar-refractivity contribution in [2.75, 3.05) is 26.3 Å². The van der Waals surface area contributed by atoms with Crippen molar-refractivity contribution in [1.29, 1.82) is 0 Å². The van der Waals surface area contributed by atoms with Crippen LogP contribution in [0.25, 0.3) is 0 Å². The maximum absolute atomic E-state index is 5.46. The Hall–Kier alpha value is -0.590. The van der Waals surface area contributed by atoms with E-state index >= 15 is 0 Å². The molecule has 1 unspecified atom stereocenters. The Balaban J connectivity index is 1.55. The molecule has 1 atom stereocenters. The van der Waals surface area contributed by atoms with Crippen LogP contribution in [-0.4, -0.2) is 52.2 Å². The van der Waals surface area contributed by atoms with E-state index in [0.29, 0.717) is 17.8 Å². The maximum Gasteiger partial charge on any atom is 0.0923 e. The van der Waals surface area contributed by atoms with E-state index in [1.165, 1.54) is 6.42 Å². The first-order valence-corrected chi connectivity index (χ1v) is 7.33. The first kappa shape index (κ1) is 12.4. The highest BCUT2D eigenvalue weighted by molar-refractivity contribution is 7.79. The molecule has 2 fully saturated rings. The number of nitrogens with zero attached hydrogens (tertiary/aromatic N) is 4. The molecule has 0 amide bonds.